The molecule has 0 aromatic carbocycles. The molecule has 0 spiro atoms. The minimum Gasteiger partial charge on any atom is -0.346 e. The molecular formula is C32H59N5O5. The average Bonchev–Trinajstić information content (AvgIpc) is 3.49. The number of ketones is 1. The summed E-state index contributed by atoms with van der Waals surface area (Å²) in [6.07, 6.45) is 11.4. The number of carbonyl (C=O) groups is 5. The molecule has 1 rings (SSSR count). The lowest BCUT2D eigenvalue weighted by Gasteiger charge is -2.35. The van der Waals surface area contributed by atoms with Crippen molar-refractivity contribution in [3.63, 3.8) is 0 Å². The van der Waals surface area contributed by atoms with Crippen LogP contribution in [-0.4, -0.2) is 72.7 Å². The van der Waals surface area contributed by atoms with Gasteiger partial charge in [0, 0.05) is 26.6 Å². The van der Waals surface area contributed by atoms with Crippen LogP contribution in [0.2, 0.25) is 0 Å². The highest BCUT2D eigenvalue weighted by Crippen LogP contribution is 2.26. The topological polar surface area (TPSA) is 137 Å². The Balaban J connectivity index is -0.00000171. The van der Waals surface area contributed by atoms with Crippen LogP contribution >= 0.6 is 0 Å². The van der Waals surface area contributed by atoms with Gasteiger partial charge in [-0.05, 0) is 31.1 Å². The highest BCUT2D eigenvalue weighted by atomic mass is 16.2. The monoisotopic (exact) mass is 593 g/mol. The zero-order chi connectivity index (χ0) is 33.3. The number of nitrogens with zero attached hydrogens (tertiary/aromatic N) is 1. The molecule has 0 aromatic rings. The van der Waals surface area contributed by atoms with E-state index in [0.717, 1.165) is 0 Å². The van der Waals surface area contributed by atoms with E-state index in [-0.39, 0.29) is 18.9 Å². The van der Waals surface area contributed by atoms with Gasteiger partial charge in [-0.1, -0.05) is 81.2 Å². The van der Waals surface area contributed by atoms with Crippen molar-refractivity contribution in [3.8, 4) is 12.3 Å². The van der Waals surface area contributed by atoms with Crippen LogP contribution in [0.5, 0.6) is 0 Å². The summed E-state index contributed by atoms with van der Waals surface area (Å²) in [5, 5.41) is 10.2. The van der Waals surface area contributed by atoms with E-state index in [1.165, 1.54) is 30.9 Å². The lowest BCUT2D eigenvalue weighted by Crippen LogP contribution is -2.59. The fraction of sp³-hybridized carbons (Fsp3) is 0.719. The summed E-state index contributed by atoms with van der Waals surface area (Å²) >= 11 is 0. The number of likely N-dealkylation sites (tertiary alicyclic amines) is 1. The van der Waals surface area contributed by atoms with Crippen molar-refractivity contribution >= 4 is 29.5 Å². The number of rotatable bonds is 12. The van der Waals surface area contributed by atoms with Crippen molar-refractivity contribution in [1.82, 2.24) is 26.2 Å². The minimum atomic E-state index is -1.06. The minimum absolute atomic E-state index is 0.118. The summed E-state index contributed by atoms with van der Waals surface area (Å²) < 4.78 is 0. The van der Waals surface area contributed by atoms with Crippen LogP contribution in [0.3, 0.4) is 0 Å². The first kappa shape index (κ1) is 43.1. The van der Waals surface area contributed by atoms with Crippen molar-refractivity contribution < 1.29 is 24.0 Å². The Morgan fingerprint density at radius 2 is 1.62 bits per heavy atom. The van der Waals surface area contributed by atoms with Gasteiger partial charge in [-0.3, -0.25) is 19.2 Å². The summed E-state index contributed by atoms with van der Waals surface area (Å²) in [4.78, 5) is 64.7. The van der Waals surface area contributed by atoms with Gasteiger partial charge in [-0.25, -0.2) is 4.79 Å². The number of amides is 5. The third-order valence-electron chi connectivity index (χ3n) is 6.03. The highest BCUT2D eigenvalue weighted by molar-refractivity contribution is 6.38. The van der Waals surface area contributed by atoms with Crippen molar-refractivity contribution in [2.45, 2.75) is 125 Å². The van der Waals surface area contributed by atoms with Crippen LogP contribution in [0.25, 0.3) is 0 Å². The van der Waals surface area contributed by atoms with Gasteiger partial charge in [0.25, 0.3) is 5.91 Å². The molecule has 0 bridgehead atoms. The maximum Gasteiger partial charge on any atom is 0.315 e. The molecule has 1 fully saturated rings. The molecule has 1 saturated heterocycles. The normalized spacial score (nSPS) is 14.8. The SMILES string of the molecule is C#CCCCC(NC(=O)C1CCCN1C(=O)C(NC(=O)NC)C(C)(C)C)C(=O)C(=O)NCC=C.CC.CC.CCCC. The van der Waals surface area contributed by atoms with Gasteiger partial charge in [0.15, 0.2) is 0 Å². The molecule has 1 aliphatic heterocycles. The number of carbonyl (C=O) groups excluding carboxylic acids is 5. The molecule has 10 heteroatoms. The first-order valence-corrected chi connectivity index (χ1v) is 15.3. The van der Waals surface area contributed by atoms with E-state index < -0.39 is 47.2 Å². The van der Waals surface area contributed by atoms with Gasteiger partial charge in [-0.2, -0.15) is 0 Å². The second-order valence-corrected chi connectivity index (χ2v) is 10.2. The van der Waals surface area contributed by atoms with Crippen molar-refractivity contribution in [3.05, 3.63) is 12.7 Å². The fourth-order valence-corrected chi connectivity index (χ4v) is 3.68. The summed E-state index contributed by atoms with van der Waals surface area (Å²) in [5.41, 5.74) is -0.607. The lowest BCUT2D eigenvalue weighted by atomic mass is 9.85. The number of unbranched alkanes of at least 4 members (excludes halogenated alkanes) is 2. The van der Waals surface area contributed by atoms with E-state index in [4.69, 9.17) is 6.42 Å². The van der Waals surface area contributed by atoms with Crippen LogP contribution in [-0.2, 0) is 19.2 Å². The van der Waals surface area contributed by atoms with Gasteiger partial charge >= 0.3 is 6.03 Å². The van der Waals surface area contributed by atoms with E-state index in [9.17, 15) is 24.0 Å². The Morgan fingerprint density at radius 1 is 1.05 bits per heavy atom. The number of terminal acetylenes is 1. The molecule has 1 heterocycles. The van der Waals surface area contributed by atoms with Crippen molar-refractivity contribution in [2.24, 2.45) is 5.41 Å². The zero-order valence-electron chi connectivity index (χ0n) is 27.9. The van der Waals surface area contributed by atoms with Crippen LogP contribution in [0.15, 0.2) is 12.7 Å². The maximum atomic E-state index is 13.4. The molecule has 3 atom stereocenters. The molecule has 10 nitrogen and oxygen atoms in total. The molecule has 0 aliphatic carbocycles. The summed E-state index contributed by atoms with van der Waals surface area (Å²) in [7, 11) is 1.45. The number of nitrogens with one attached hydrogen (secondary N) is 4. The van der Waals surface area contributed by atoms with Crippen LogP contribution in [0.1, 0.15) is 107 Å². The van der Waals surface area contributed by atoms with Crippen LogP contribution in [0.4, 0.5) is 4.79 Å². The molecule has 0 radical (unpaired) electrons. The van der Waals surface area contributed by atoms with E-state index >= 15 is 0 Å². The zero-order valence-corrected chi connectivity index (χ0v) is 27.9. The number of urea groups is 1. The predicted octanol–water partition coefficient (Wildman–Crippen LogP) is 4.34. The van der Waals surface area contributed by atoms with Crippen LogP contribution in [0, 0.1) is 17.8 Å². The summed E-state index contributed by atoms with van der Waals surface area (Å²) in [5.74, 6) is -0.0354. The number of hydrogen-bond acceptors (Lipinski definition) is 5. The number of hydrogen-bond donors (Lipinski definition) is 4. The first-order chi connectivity index (χ1) is 19.9. The first-order valence-electron chi connectivity index (χ1n) is 15.3. The third kappa shape index (κ3) is 16.8. The largest absolute Gasteiger partial charge is 0.346 e. The molecule has 5 amide bonds. The van der Waals surface area contributed by atoms with Gasteiger partial charge < -0.3 is 26.2 Å². The molecule has 42 heavy (non-hydrogen) atoms. The average molecular weight is 594 g/mol. The Hall–Kier alpha value is -3.35. The molecule has 242 valence electrons. The molecule has 4 N–H and O–H groups in total. The fourth-order valence-electron chi connectivity index (χ4n) is 3.68. The van der Waals surface area contributed by atoms with Crippen molar-refractivity contribution in [1.29, 1.82) is 0 Å². The lowest BCUT2D eigenvalue weighted by molar-refractivity contribution is -0.143. The summed E-state index contributed by atoms with van der Waals surface area (Å²) in [6, 6.07) is -3.24. The molecule has 0 aromatic heterocycles. The van der Waals surface area contributed by atoms with Gasteiger partial charge in [0.05, 0.1) is 6.04 Å². The second kappa shape index (κ2) is 25.4. The smallest absolute Gasteiger partial charge is 0.315 e. The molecular weight excluding hydrogens is 534 g/mol. The standard InChI is InChI=1S/C24H37N5O5.C4H10.2C2H6/c1-7-9-10-12-16(18(30)21(32)26-14-8-2)27-20(31)17-13-11-15-29(17)22(33)19(24(3,4)5)28-23(34)25-6;1-3-4-2;2*1-2/h1,8,16-17,19H,2,9-15H2,3-6H3,(H,26,32)(H,27,31)(H2,25,28,34);3-4H2,1-2H3;2*1-2H3. The van der Waals surface area contributed by atoms with Gasteiger partial charge in [0.2, 0.25) is 17.6 Å². The quantitative estimate of drug-likeness (QED) is 0.116. The molecule has 0 saturated carbocycles. The number of Topliss-reactive ketones (excluding diaryl/α,β-unsaturated/α-hetero) is 1. The predicted molar refractivity (Wildman–Crippen MR) is 172 cm³/mol. The Kier molecular flexibility index (Phi) is 26.0. The molecule has 1 aliphatic rings. The molecule has 3 unspecified atom stereocenters. The summed E-state index contributed by atoms with van der Waals surface area (Å²) in [6.45, 7) is 21.8. The second-order valence-electron chi connectivity index (χ2n) is 10.2. The Bertz CT molecular complexity index is 858. The highest BCUT2D eigenvalue weighted by Gasteiger charge is 2.42. The maximum absolute atomic E-state index is 13.4. The van der Waals surface area contributed by atoms with E-state index in [1.807, 2.05) is 48.5 Å². The van der Waals surface area contributed by atoms with E-state index in [1.54, 1.807) is 0 Å². The van der Waals surface area contributed by atoms with Crippen LogP contribution < -0.4 is 21.3 Å². The Morgan fingerprint density at radius 3 is 2.07 bits per heavy atom. The van der Waals surface area contributed by atoms with Gasteiger partial charge in [0.1, 0.15) is 12.1 Å². The van der Waals surface area contributed by atoms with E-state index in [0.29, 0.717) is 32.2 Å². The van der Waals surface area contributed by atoms with Crippen molar-refractivity contribution in [2.75, 3.05) is 20.1 Å². The van der Waals surface area contributed by atoms with Gasteiger partial charge in [-0.15, -0.1) is 18.9 Å². The van der Waals surface area contributed by atoms with E-state index in [2.05, 4.69) is 47.6 Å². The third-order valence-corrected chi connectivity index (χ3v) is 6.03. The Labute approximate surface area is 255 Å².